The zero-order valence-corrected chi connectivity index (χ0v) is 14.7. The molecule has 0 saturated heterocycles. The van der Waals surface area contributed by atoms with E-state index in [2.05, 4.69) is 15.0 Å². The van der Waals surface area contributed by atoms with E-state index in [-0.39, 0.29) is 23.7 Å². The van der Waals surface area contributed by atoms with E-state index < -0.39 is 11.8 Å². The molecule has 8 nitrogen and oxygen atoms in total. The molecule has 1 aliphatic heterocycles. The molecule has 0 amide bonds. The maximum atomic E-state index is 13.4. The molecule has 9 heteroatoms. The molecule has 1 N–H and O–H groups in total. The molecule has 0 saturated carbocycles. The smallest absolute Gasteiger partial charge is 0.334 e. The summed E-state index contributed by atoms with van der Waals surface area (Å²) < 4.78 is 24.4. The lowest BCUT2D eigenvalue weighted by atomic mass is 10.2. The van der Waals surface area contributed by atoms with Crippen molar-refractivity contribution >= 4 is 11.8 Å². The maximum Gasteiger partial charge on any atom is 0.334 e. The Morgan fingerprint density at radius 2 is 2.15 bits per heavy atom. The number of hydrogen-bond donors (Lipinski definition) is 1. The van der Waals surface area contributed by atoms with Crippen LogP contribution in [-0.2, 0) is 4.79 Å². The Balaban J connectivity index is 1.88. The SMILES string of the molecule is CCOc1cc(F)cnc1Oc1cncc(C2=NC=C(C(=O)O)CN2C)c1. The second-order valence-electron chi connectivity index (χ2n) is 5.67. The number of aromatic nitrogens is 2. The number of pyridine rings is 2. The summed E-state index contributed by atoms with van der Waals surface area (Å²) in [5.74, 6) is -0.331. The highest BCUT2D eigenvalue weighted by Crippen LogP contribution is 2.30. The molecule has 140 valence electrons. The molecule has 0 unspecified atom stereocenters. The number of hydrogen-bond acceptors (Lipinski definition) is 7. The summed E-state index contributed by atoms with van der Waals surface area (Å²) in [6, 6.07) is 2.88. The molecule has 27 heavy (non-hydrogen) atoms. The third kappa shape index (κ3) is 4.20. The van der Waals surface area contributed by atoms with Crippen LogP contribution < -0.4 is 9.47 Å². The van der Waals surface area contributed by atoms with Gasteiger partial charge >= 0.3 is 5.97 Å². The first-order chi connectivity index (χ1) is 13.0. The van der Waals surface area contributed by atoms with Crippen LogP contribution in [0.1, 0.15) is 12.5 Å². The van der Waals surface area contributed by atoms with Crippen LogP contribution >= 0.6 is 0 Å². The largest absolute Gasteiger partial charge is 0.488 e. The predicted octanol–water partition coefficient (Wildman–Crippen LogP) is 2.47. The minimum atomic E-state index is -1.01. The summed E-state index contributed by atoms with van der Waals surface area (Å²) >= 11 is 0. The van der Waals surface area contributed by atoms with E-state index >= 15 is 0 Å². The number of nitrogens with zero attached hydrogens (tertiary/aromatic N) is 4. The molecular weight excluding hydrogens is 355 g/mol. The summed E-state index contributed by atoms with van der Waals surface area (Å²) in [6.07, 6.45) is 5.42. The van der Waals surface area contributed by atoms with E-state index in [0.717, 1.165) is 6.20 Å². The van der Waals surface area contributed by atoms with Gasteiger partial charge in [0.15, 0.2) is 5.75 Å². The Hall–Kier alpha value is -3.49. The van der Waals surface area contributed by atoms with Crippen molar-refractivity contribution in [2.45, 2.75) is 6.92 Å². The van der Waals surface area contributed by atoms with Gasteiger partial charge in [0.05, 0.1) is 31.1 Å². The first kappa shape index (κ1) is 18.3. The fourth-order valence-corrected chi connectivity index (χ4v) is 2.48. The number of aliphatic carboxylic acids is 1. The number of ether oxygens (including phenoxy) is 2. The molecule has 0 radical (unpaired) electrons. The highest BCUT2D eigenvalue weighted by atomic mass is 19.1. The van der Waals surface area contributed by atoms with Gasteiger partial charge in [0.25, 0.3) is 5.88 Å². The summed E-state index contributed by atoms with van der Waals surface area (Å²) in [5, 5.41) is 9.07. The molecule has 0 spiro atoms. The molecule has 1 aliphatic rings. The highest BCUT2D eigenvalue weighted by molar-refractivity contribution is 6.01. The monoisotopic (exact) mass is 372 g/mol. The lowest BCUT2D eigenvalue weighted by Gasteiger charge is -2.24. The third-order valence-corrected chi connectivity index (χ3v) is 3.66. The Bertz CT molecular complexity index is 929. The first-order valence-corrected chi connectivity index (χ1v) is 8.10. The zero-order chi connectivity index (χ0) is 19.4. The van der Waals surface area contributed by atoms with Gasteiger partial charge in [0, 0.05) is 31.1 Å². The first-order valence-electron chi connectivity index (χ1n) is 8.10. The Morgan fingerprint density at radius 3 is 2.85 bits per heavy atom. The van der Waals surface area contributed by atoms with Gasteiger partial charge in [0.2, 0.25) is 0 Å². The highest BCUT2D eigenvalue weighted by Gasteiger charge is 2.20. The number of carboxylic acid groups (broad SMARTS) is 1. The molecular formula is C18H17FN4O4. The van der Waals surface area contributed by atoms with Crippen LogP contribution in [0.3, 0.4) is 0 Å². The van der Waals surface area contributed by atoms with Gasteiger partial charge in [0.1, 0.15) is 17.4 Å². The van der Waals surface area contributed by atoms with E-state index in [0.29, 0.717) is 23.8 Å². The minimum Gasteiger partial charge on any atom is -0.488 e. The van der Waals surface area contributed by atoms with E-state index in [4.69, 9.17) is 14.6 Å². The number of rotatable bonds is 6. The average molecular weight is 372 g/mol. The van der Waals surface area contributed by atoms with Crippen LogP contribution in [-0.4, -0.2) is 52.0 Å². The fraction of sp³-hybridized carbons (Fsp3) is 0.222. The van der Waals surface area contributed by atoms with Crippen molar-refractivity contribution in [3.05, 3.63) is 53.9 Å². The van der Waals surface area contributed by atoms with Crippen LogP contribution in [0.5, 0.6) is 17.4 Å². The van der Waals surface area contributed by atoms with Crippen LogP contribution in [0.25, 0.3) is 0 Å². The quantitative estimate of drug-likeness (QED) is 0.832. The van der Waals surface area contributed by atoms with Crippen molar-refractivity contribution in [1.82, 2.24) is 14.9 Å². The number of halogens is 1. The summed E-state index contributed by atoms with van der Waals surface area (Å²) in [7, 11) is 1.73. The molecule has 0 aromatic carbocycles. The number of amidine groups is 1. The number of carboxylic acids is 1. The normalized spacial score (nSPS) is 13.7. The van der Waals surface area contributed by atoms with Crippen molar-refractivity contribution < 1.29 is 23.8 Å². The average Bonchev–Trinajstić information content (AvgIpc) is 2.64. The van der Waals surface area contributed by atoms with Crippen molar-refractivity contribution in [2.24, 2.45) is 4.99 Å². The molecule has 3 rings (SSSR count). The predicted molar refractivity (Wildman–Crippen MR) is 94.6 cm³/mol. The van der Waals surface area contributed by atoms with Gasteiger partial charge in [-0.2, -0.15) is 0 Å². The summed E-state index contributed by atoms with van der Waals surface area (Å²) in [6.45, 7) is 2.32. The summed E-state index contributed by atoms with van der Waals surface area (Å²) in [4.78, 5) is 25.0. The number of carbonyl (C=O) groups is 1. The van der Waals surface area contributed by atoms with E-state index in [1.165, 1.54) is 18.5 Å². The lowest BCUT2D eigenvalue weighted by molar-refractivity contribution is -0.132. The van der Waals surface area contributed by atoms with Crippen LogP contribution in [0, 0.1) is 5.82 Å². The van der Waals surface area contributed by atoms with Crippen LogP contribution in [0.15, 0.2) is 47.5 Å². The molecule has 0 aliphatic carbocycles. The molecule has 0 bridgehead atoms. The van der Waals surface area contributed by atoms with Gasteiger partial charge < -0.3 is 19.5 Å². The molecule has 2 aromatic heterocycles. The van der Waals surface area contributed by atoms with E-state index in [1.54, 1.807) is 31.1 Å². The summed E-state index contributed by atoms with van der Waals surface area (Å²) in [5.41, 5.74) is 0.828. The Kier molecular flexibility index (Phi) is 5.30. The maximum absolute atomic E-state index is 13.4. The topological polar surface area (TPSA) is 97.1 Å². The van der Waals surface area contributed by atoms with Gasteiger partial charge in [-0.3, -0.25) is 4.98 Å². The lowest BCUT2D eigenvalue weighted by Crippen LogP contribution is -2.33. The van der Waals surface area contributed by atoms with E-state index in [1.807, 2.05) is 0 Å². The molecule has 0 fully saturated rings. The van der Waals surface area contributed by atoms with Crippen molar-refractivity contribution in [3.8, 4) is 17.4 Å². The number of aliphatic imine (C=N–C) groups is 1. The third-order valence-electron chi connectivity index (χ3n) is 3.66. The Morgan fingerprint density at radius 1 is 1.33 bits per heavy atom. The van der Waals surface area contributed by atoms with Crippen molar-refractivity contribution in [3.63, 3.8) is 0 Å². The standard InChI is InChI=1S/C18H17FN4O4/c1-3-26-15-5-13(19)8-22-17(15)27-14-4-11(6-20-9-14)16-21-7-12(18(24)25)10-23(16)2/h4-9H,3,10H2,1-2H3,(H,24,25). The van der Waals surface area contributed by atoms with Gasteiger partial charge in [-0.15, -0.1) is 0 Å². The van der Waals surface area contributed by atoms with E-state index in [9.17, 15) is 9.18 Å². The van der Waals surface area contributed by atoms with Gasteiger partial charge in [-0.05, 0) is 13.0 Å². The van der Waals surface area contributed by atoms with Crippen molar-refractivity contribution in [1.29, 1.82) is 0 Å². The van der Waals surface area contributed by atoms with Gasteiger partial charge in [-0.25, -0.2) is 19.2 Å². The Labute approximate surface area is 154 Å². The molecule has 2 aromatic rings. The van der Waals surface area contributed by atoms with Gasteiger partial charge in [-0.1, -0.05) is 0 Å². The minimum absolute atomic E-state index is 0.115. The van der Waals surface area contributed by atoms with Crippen LogP contribution in [0.2, 0.25) is 0 Å². The molecule has 3 heterocycles. The van der Waals surface area contributed by atoms with Crippen molar-refractivity contribution in [2.75, 3.05) is 20.2 Å². The fourth-order valence-electron chi connectivity index (χ4n) is 2.48. The molecule has 0 atom stereocenters. The zero-order valence-electron chi connectivity index (χ0n) is 14.7. The second kappa shape index (κ2) is 7.81. The second-order valence-corrected chi connectivity index (χ2v) is 5.67. The number of likely N-dealkylation sites (N-methyl/N-ethyl adjacent to an activating group) is 1. The van der Waals surface area contributed by atoms with Crippen LogP contribution in [0.4, 0.5) is 4.39 Å².